The van der Waals surface area contributed by atoms with Crippen molar-refractivity contribution in [3.8, 4) is 0 Å². The highest BCUT2D eigenvalue weighted by Crippen LogP contribution is 2.27. The smallest absolute Gasteiger partial charge is 0.411 e. The van der Waals surface area contributed by atoms with Crippen LogP contribution in [0, 0.1) is 6.92 Å². The largest absolute Gasteiger partial charge is 0.462 e. The first-order valence-electron chi connectivity index (χ1n) is 4.71. The van der Waals surface area contributed by atoms with E-state index in [9.17, 15) is 9.59 Å². The molecule has 0 bridgehead atoms. The number of hydrogen-bond acceptors (Lipinski definition) is 5. The van der Waals surface area contributed by atoms with Gasteiger partial charge >= 0.3 is 12.1 Å². The highest BCUT2D eigenvalue weighted by molar-refractivity contribution is 7.18. The third-order valence-corrected chi connectivity index (χ3v) is 2.92. The van der Waals surface area contributed by atoms with E-state index in [0.29, 0.717) is 16.5 Å². The van der Waals surface area contributed by atoms with Gasteiger partial charge in [-0.25, -0.2) is 9.59 Å². The summed E-state index contributed by atoms with van der Waals surface area (Å²) < 4.78 is 9.33. The molecule has 0 saturated carbocycles. The van der Waals surface area contributed by atoms with Crippen LogP contribution in [0.2, 0.25) is 0 Å². The van der Waals surface area contributed by atoms with E-state index in [1.165, 1.54) is 7.11 Å². The molecule has 0 aliphatic carbocycles. The Morgan fingerprint density at radius 3 is 2.75 bits per heavy atom. The lowest BCUT2D eigenvalue weighted by Gasteiger charge is -1.99. The van der Waals surface area contributed by atoms with Crippen LogP contribution in [-0.4, -0.2) is 25.8 Å². The fraction of sp³-hybridized carbons (Fsp3) is 0.400. The predicted molar refractivity (Wildman–Crippen MR) is 61.0 cm³/mol. The van der Waals surface area contributed by atoms with Crippen molar-refractivity contribution in [2.45, 2.75) is 13.8 Å². The zero-order chi connectivity index (χ0) is 12.1. The predicted octanol–water partition coefficient (Wildman–Crippen LogP) is 2.41. The number of amides is 1. The van der Waals surface area contributed by atoms with E-state index in [1.807, 2.05) is 0 Å². The minimum Gasteiger partial charge on any atom is -0.462 e. The van der Waals surface area contributed by atoms with Gasteiger partial charge in [0.15, 0.2) is 0 Å². The molecule has 0 unspecified atom stereocenters. The monoisotopic (exact) mass is 243 g/mol. The van der Waals surface area contributed by atoms with E-state index >= 15 is 0 Å². The fourth-order valence-corrected chi connectivity index (χ4v) is 2.05. The molecule has 88 valence electrons. The van der Waals surface area contributed by atoms with Gasteiger partial charge in [-0.15, -0.1) is 11.3 Å². The standard InChI is InChI=1S/C10H13NO4S/c1-4-15-9(12)8-6(2)5-7(16-8)11-10(13)14-3/h5H,4H2,1-3H3,(H,11,13). The maximum absolute atomic E-state index is 11.5. The third-order valence-electron chi connectivity index (χ3n) is 1.79. The van der Waals surface area contributed by atoms with E-state index in [1.54, 1.807) is 19.9 Å². The van der Waals surface area contributed by atoms with Crippen molar-refractivity contribution in [1.29, 1.82) is 0 Å². The second-order valence-corrected chi connectivity index (χ2v) is 4.01. The number of methoxy groups -OCH3 is 1. The second-order valence-electron chi connectivity index (χ2n) is 2.96. The molecule has 0 saturated heterocycles. The molecule has 0 aliphatic rings. The van der Waals surface area contributed by atoms with Crippen LogP contribution in [0.3, 0.4) is 0 Å². The summed E-state index contributed by atoms with van der Waals surface area (Å²) >= 11 is 1.16. The third kappa shape index (κ3) is 2.96. The van der Waals surface area contributed by atoms with E-state index in [0.717, 1.165) is 16.9 Å². The van der Waals surface area contributed by atoms with Gasteiger partial charge in [0.1, 0.15) is 4.88 Å². The molecule has 0 radical (unpaired) electrons. The van der Waals surface area contributed by atoms with Crippen molar-refractivity contribution >= 4 is 28.4 Å². The van der Waals surface area contributed by atoms with Crippen LogP contribution in [0.25, 0.3) is 0 Å². The summed E-state index contributed by atoms with van der Waals surface area (Å²) in [6.07, 6.45) is -0.559. The van der Waals surface area contributed by atoms with Gasteiger partial charge in [-0.3, -0.25) is 5.32 Å². The normalized spacial score (nSPS) is 9.69. The molecular formula is C10H13NO4S. The molecule has 16 heavy (non-hydrogen) atoms. The molecule has 0 fully saturated rings. The van der Waals surface area contributed by atoms with Crippen molar-refractivity contribution in [3.05, 3.63) is 16.5 Å². The minimum atomic E-state index is -0.559. The van der Waals surface area contributed by atoms with Gasteiger partial charge in [0.2, 0.25) is 0 Å². The lowest BCUT2D eigenvalue weighted by Crippen LogP contribution is -2.09. The molecule has 6 heteroatoms. The zero-order valence-electron chi connectivity index (χ0n) is 9.33. The quantitative estimate of drug-likeness (QED) is 0.828. The van der Waals surface area contributed by atoms with Gasteiger partial charge in [0.25, 0.3) is 0 Å². The van der Waals surface area contributed by atoms with Crippen LogP contribution < -0.4 is 5.32 Å². The van der Waals surface area contributed by atoms with Crippen molar-refractivity contribution < 1.29 is 19.1 Å². The van der Waals surface area contributed by atoms with E-state index in [-0.39, 0.29) is 5.97 Å². The summed E-state index contributed by atoms with van der Waals surface area (Å²) in [4.78, 5) is 22.9. The lowest BCUT2D eigenvalue weighted by molar-refractivity contribution is 0.0531. The van der Waals surface area contributed by atoms with E-state index in [4.69, 9.17) is 4.74 Å². The average molecular weight is 243 g/mol. The highest BCUT2D eigenvalue weighted by atomic mass is 32.1. The van der Waals surface area contributed by atoms with Gasteiger partial charge < -0.3 is 9.47 Å². The Morgan fingerprint density at radius 2 is 2.19 bits per heavy atom. The van der Waals surface area contributed by atoms with Crippen molar-refractivity contribution in [3.63, 3.8) is 0 Å². The van der Waals surface area contributed by atoms with Crippen LogP contribution in [0.4, 0.5) is 9.80 Å². The number of carbonyl (C=O) groups is 2. The van der Waals surface area contributed by atoms with Crippen molar-refractivity contribution in [2.75, 3.05) is 19.0 Å². The molecule has 1 N–H and O–H groups in total. The maximum atomic E-state index is 11.5. The molecule has 0 aromatic carbocycles. The number of carbonyl (C=O) groups excluding carboxylic acids is 2. The van der Waals surface area contributed by atoms with Crippen molar-refractivity contribution in [2.24, 2.45) is 0 Å². The topological polar surface area (TPSA) is 64.6 Å². The molecule has 0 atom stereocenters. The lowest BCUT2D eigenvalue weighted by atomic mass is 10.3. The molecule has 0 spiro atoms. The van der Waals surface area contributed by atoms with Crippen molar-refractivity contribution in [1.82, 2.24) is 0 Å². The Bertz CT molecular complexity index is 400. The van der Waals surface area contributed by atoms with Gasteiger partial charge in [0, 0.05) is 0 Å². The number of aryl methyl sites for hydroxylation is 1. The fourth-order valence-electron chi connectivity index (χ4n) is 1.09. The van der Waals surface area contributed by atoms with E-state index < -0.39 is 6.09 Å². The first kappa shape index (κ1) is 12.5. The Hall–Kier alpha value is -1.56. The van der Waals surface area contributed by atoms with Gasteiger partial charge in [0.05, 0.1) is 18.7 Å². The first-order valence-corrected chi connectivity index (χ1v) is 5.52. The molecule has 1 rings (SSSR count). The number of rotatable bonds is 3. The van der Waals surface area contributed by atoms with E-state index in [2.05, 4.69) is 10.1 Å². The first-order chi connectivity index (χ1) is 7.58. The summed E-state index contributed by atoms with van der Waals surface area (Å²) in [6.45, 7) is 3.86. The van der Waals surface area contributed by atoms with Crippen LogP contribution in [0.15, 0.2) is 6.07 Å². The van der Waals surface area contributed by atoms with Gasteiger partial charge in [-0.2, -0.15) is 0 Å². The van der Waals surface area contributed by atoms with Crippen LogP contribution in [0.1, 0.15) is 22.2 Å². The molecule has 0 aliphatic heterocycles. The second kappa shape index (κ2) is 5.50. The number of hydrogen-bond donors (Lipinski definition) is 1. The Kier molecular flexibility index (Phi) is 4.30. The number of nitrogens with one attached hydrogen (secondary N) is 1. The summed E-state index contributed by atoms with van der Waals surface area (Å²) in [5.41, 5.74) is 0.773. The number of esters is 1. The summed E-state index contributed by atoms with van der Waals surface area (Å²) in [5.74, 6) is -0.372. The van der Waals surface area contributed by atoms with Gasteiger partial charge in [-0.1, -0.05) is 0 Å². The van der Waals surface area contributed by atoms with Gasteiger partial charge in [-0.05, 0) is 25.5 Å². The SMILES string of the molecule is CCOC(=O)c1sc(NC(=O)OC)cc1C. The number of thiophene rings is 1. The molecule has 1 heterocycles. The molecule has 1 aromatic rings. The minimum absolute atomic E-state index is 0.329. The summed E-state index contributed by atoms with van der Waals surface area (Å²) in [5, 5.41) is 3.06. The Morgan fingerprint density at radius 1 is 1.50 bits per heavy atom. The summed E-state index contributed by atoms with van der Waals surface area (Å²) in [7, 11) is 1.28. The number of anilines is 1. The molecular weight excluding hydrogens is 230 g/mol. The zero-order valence-corrected chi connectivity index (χ0v) is 10.1. The molecule has 1 amide bonds. The Balaban J connectivity index is 2.81. The Labute approximate surface area is 97.4 Å². The van der Waals surface area contributed by atoms with Crippen LogP contribution in [-0.2, 0) is 9.47 Å². The van der Waals surface area contributed by atoms with Crippen LogP contribution >= 0.6 is 11.3 Å². The summed E-state index contributed by atoms with van der Waals surface area (Å²) in [6, 6.07) is 1.70. The molecule has 1 aromatic heterocycles. The van der Waals surface area contributed by atoms with Crippen LogP contribution in [0.5, 0.6) is 0 Å². The molecule has 5 nitrogen and oxygen atoms in total. The maximum Gasteiger partial charge on any atom is 0.411 e. The highest BCUT2D eigenvalue weighted by Gasteiger charge is 2.15. The average Bonchev–Trinajstić information content (AvgIpc) is 2.59. The number of ether oxygens (including phenoxy) is 2.